The van der Waals surface area contributed by atoms with Crippen LogP contribution in [0.4, 0.5) is 5.69 Å². The fourth-order valence-corrected chi connectivity index (χ4v) is 3.72. The highest BCUT2D eigenvalue weighted by Crippen LogP contribution is 2.40. The molecule has 1 heterocycles. The summed E-state index contributed by atoms with van der Waals surface area (Å²) < 4.78 is 5.07. The molecule has 2 aliphatic rings. The number of ether oxygens (including phenoxy) is 1. The topological polar surface area (TPSA) is 106 Å². The Bertz CT molecular complexity index is 735. The molecular formula is C18H25N5O2. The molecule has 7 heteroatoms. The van der Waals surface area contributed by atoms with Gasteiger partial charge in [-0.15, -0.1) is 0 Å². The van der Waals surface area contributed by atoms with Crippen LogP contribution in [0.15, 0.2) is 28.2 Å². The minimum Gasteiger partial charge on any atom is -0.462 e. The summed E-state index contributed by atoms with van der Waals surface area (Å²) >= 11 is 0. The van der Waals surface area contributed by atoms with Crippen molar-refractivity contribution >= 4 is 23.6 Å². The van der Waals surface area contributed by atoms with Gasteiger partial charge in [0.05, 0.1) is 12.2 Å². The van der Waals surface area contributed by atoms with Crippen molar-refractivity contribution in [3.05, 3.63) is 29.3 Å². The molecule has 1 spiro atoms. The second-order valence-electron chi connectivity index (χ2n) is 6.54. The number of anilines is 1. The summed E-state index contributed by atoms with van der Waals surface area (Å²) in [6.45, 7) is 4.09. The Morgan fingerprint density at radius 1 is 1.28 bits per heavy atom. The van der Waals surface area contributed by atoms with E-state index in [2.05, 4.69) is 9.98 Å². The van der Waals surface area contributed by atoms with Crippen molar-refractivity contribution in [1.82, 2.24) is 0 Å². The van der Waals surface area contributed by atoms with Crippen molar-refractivity contribution in [1.29, 1.82) is 0 Å². The minimum atomic E-state index is -0.482. The number of carbonyl (C=O) groups excluding carboxylic acids is 1. The van der Waals surface area contributed by atoms with Crippen LogP contribution in [0.5, 0.6) is 0 Å². The van der Waals surface area contributed by atoms with E-state index in [1.54, 1.807) is 13.0 Å². The van der Waals surface area contributed by atoms with Gasteiger partial charge in [-0.1, -0.05) is 6.42 Å². The molecule has 1 fully saturated rings. The number of nitrogens with zero attached hydrogens (tertiary/aromatic N) is 3. The van der Waals surface area contributed by atoms with Gasteiger partial charge in [-0.25, -0.2) is 9.79 Å². The summed E-state index contributed by atoms with van der Waals surface area (Å²) in [6.07, 6.45) is 5.08. The molecule has 0 bridgehead atoms. The van der Waals surface area contributed by atoms with Crippen molar-refractivity contribution in [2.45, 2.75) is 51.6 Å². The summed E-state index contributed by atoms with van der Waals surface area (Å²) in [5.41, 5.74) is 14.0. The molecule has 1 aromatic rings. The maximum Gasteiger partial charge on any atom is 0.338 e. The van der Waals surface area contributed by atoms with Crippen LogP contribution in [0.3, 0.4) is 0 Å². The SMILES string of the molecule is CCOC(=O)c1ccc(N2C(N)=NC(N)=NC23CCCCC3)c(C)c1. The van der Waals surface area contributed by atoms with E-state index >= 15 is 0 Å². The number of aliphatic imine (C=N–C) groups is 2. The van der Waals surface area contributed by atoms with Gasteiger partial charge in [-0.2, -0.15) is 4.99 Å². The number of hydrogen-bond acceptors (Lipinski definition) is 7. The number of benzene rings is 1. The minimum absolute atomic E-state index is 0.233. The number of guanidine groups is 2. The van der Waals surface area contributed by atoms with Gasteiger partial charge >= 0.3 is 5.97 Å². The van der Waals surface area contributed by atoms with Gasteiger partial charge < -0.3 is 16.2 Å². The van der Waals surface area contributed by atoms with E-state index in [-0.39, 0.29) is 11.9 Å². The van der Waals surface area contributed by atoms with Crippen molar-refractivity contribution in [2.75, 3.05) is 11.5 Å². The fourth-order valence-electron chi connectivity index (χ4n) is 3.72. The third-order valence-electron chi connectivity index (χ3n) is 4.80. The van der Waals surface area contributed by atoms with Gasteiger partial charge in [0.25, 0.3) is 0 Å². The van der Waals surface area contributed by atoms with Crippen molar-refractivity contribution in [3.8, 4) is 0 Å². The Hall–Kier alpha value is -2.57. The van der Waals surface area contributed by atoms with Crippen LogP contribution >= 0.6 is 0 Å². The maximum atomic E-state index is 12.0. The number of carbonyl (C=O) groups is 1. The molecule has 0 unspecified atom stereocenters. The Labute approximate surface area is 147 Å². The van der Waals surface area contributed by atoms with Gasteiger partial charge in [-0.05, 0) is 63.3 Å². The highest BCUT2D eigenvalue weighted by atomic mass is 16.5. The van der Waals surface area contributed by atoms with Gasteiger partial charge in [0.15, 0.2) is 0 Å². The number of esters is 1. The van der Waals surface area contributed by atoms with E-state index in [9.17, 15) is 4.79 Å². The summed E-state index contributed by atoms with van der Waals surface area (Å²) in [5, 5.41) is 0. The van der Waals surface area contributed by atoms with Crippen molar-refractivity contribution < 1.29 is 9.53 Å². The van der Waals surface area contributed by atoms with Crippen LogP contribution in [0, 0.1) is 6.92 Å². The van der Waals surface area contributed by atoms with Crippen LogP contribution in [-0.4, -0.2) is 30.2 Å². The van der Waals surface area contributed by atoms with Crippen LogP contribution in [-0.2, 0) is 4.74 Å². The predicted octanol–water partition coefficient (Wildman–Crippen LogP) is 2.28. The molecule has 0 aromatic heterocycles. The van der Waals surface area contributed by atoms with Crippen molar-refractivity contribution in [3.63, 3.8) is 0 Å². The Kier molecular flexibility index (Phi) is 4.65. The monoisotopic (exact) mass is 343 g/mol. The maximum absolute atomic E-state index is 12.0. The van der Waals surface area contributed by atoms with Gasteiger partial charge in [0.2, 0.25) is 11.9 Å². The molecule has 25 heavy (non-hydrogen) atoms. The lowest BCUT2D eigenvalue weighted by Gasteiger charge is -2.46. The number of aryl methyl sites for hydroxylation is 1. The van der Waals surface area contributed by atoms with Gasteiger partial charge in [-0.3, -0.25) is 4.90 Å². The first-order valence-electron chi connectivity index (χ1n) is 8.74. The molecule has 1 aliphatic heterocycles. The lowest BCUT2D eigenvalue weighted by atomic mass is 9.87. The first kappa shape index (κ1) is 17.3. The molecule has 1 aliphatic carbocycles. The second kappa shape index (κ2) is 6.74. The smallest absolute Gasteiger partial charge is 0.338 e. The van der Waals surface area contributed by atoms with E-state index in [1.165, 1.54) is 6.42 Å². The Morgan fingerprint density at radius 3 is 2.64 bits per heavy atom. The zero-order valence-corrected chi connectivity index (χ0v) is 14.8. The Morgan fingerprint density at radius 2 is 2.00 bits per heavy atom. The molecule has 3 rings (SSSR count). The first-order chi connectivity index (χ1) is 12.0. The average Bonchev–Trinajstić information content (AvgIpc) is 2.56. The zero-order valence-electron chi connectivity index (χ0n) is 14.8. The Balaban J connectivity index is 2.01. The second-order valence-corrected chi connectivity index (χ2v) is 6.54. The highest BCUT2D eigenvalue weighted by molar-refractivity contribution is 6.06. The largest absolute Gasteiger partial charge is 0.462 e. The third-order valence-corrected chi connectivity index (χ3v) is 4.80. The van der Waals surface area contributed by atoms with Crippen LogP contribution in [0.2, 0.25) is 0 Å². The predicted molar refractivity (Wildman–Crippen MR) is 98.7 cm³/mol. The van der Waals surface area contributed by atoms with E-state index in [0.717, 1.165) is 36.9 Å². The third kappa shape index (κ3) is 3.18. The standard InChI is InChI=1S/C18H25N5O2/c1-3-25-15(24)13-7-8-14(12(2)11-13)23-17(20)21-16(19)22-18(23)9-5-4-6-10-18/h7-8,11H,3-6,9-10H2,1-2H3,(H4,19,20,21,22). The van der Waals surface area contributed by atoms with Gasteiger partial charge in [0.1, 0.15) is 5.66 Å². The number of hydrogen-bond donors (Lipinski definition) is 2. The molecule has 0 radical (unpaired) electrons. The van der Waals surface area contributed by atoms with Crippen LogP contribution in [0.1, 0.15) is 54.9 Å². The number of nitrogens with two attached hydrogens (primary N) is 2. The molecular weight excluding hydrogens is 318 g/mol. The summed E-state index contributed by atoms with van der Waals surface area (Å²) in [6, 6.07) is 5.46. The molecule has 4 N–H and O–H groups in total. The lowest BCUT2D eigenvalue weighted by molar-refractivity contribution is 0.0526. The highest BCUT2D eigenvalue weighted by Gasteiger charge is 2.43. The van der Waals surface area contributed by atoms with Crippen LogP contribution in [0.25, 0.3) is 0 Å². The normalized spacial score (nSPS) is 19.4. The summed E-state index contributed by atoms with van der Waals surface area (Å²) in [5.74, 6) is 0.255. The average molecular weight is 343 g/mol. The molecule has 0 saturated heterocycles. The molecule has 0 atom stereocenters. The van der Waals surface area contributed by atoms with Crippen molar-refractivity contribution in [2.24, 2.45) is 21.5 Å². The lowest BCUT2D eigenvalue weighted by Crippen LogP contribution is -2.58. The van der Waals surface area contributed by atoms with E-state index in [0.29, 0.717) is 18.1 Å². The molecule has 1 aromatic carbocycles. The zero-order chi connectivity index (χ0) is 18.0. The van der Waals surface area contributed by atoms with Gasteiger partial charge in [0, 0.05) is 5.69 Å². The van der Waals surface area contributed by atoms with E-state index in [1.807, 2.05) is 24.0 Å². The molecule has 1 saturated carbocycles. The molecule has 7 nitrogen and oxygen atoms in total. The fraction of sp³-hybridized carbons (Fsp3) is 0.500. The summed E-state index contributed by atoms with van der Waals surface area (Å²) in [4.78, 5) is 22.8. The number of rotatable bonds is 3. The molecule has 134 valence electrons. The van der Waals surface area contributed by atoms with E-state index in [4.69, 9.17) is 16.2 Å². The molecule has 0 amide bonds. The first-order valence-corrected chi connectivity index (χ1v) is 8.74. The van der Waals surface area contributed by atoms with Crippen LogP contribution < -0.4 is 16.4 Å². The quantitative estimate of drug-likeness (QED) is 0.819. The summed E-state index contributed by atoms with van der Waals surface area (Å²) in [7, 11) is 0. The van der Waals surface area contributed by atoms with E-state index < -0.39 is 5.66 Å².